The zero-order valence-corrected chi connectivity index (χ0v) is 16.5. The first-order valence-corrected chi connectivity index (χ1v) is 9.49. The summed E-state index contributed by atoms with van der Waals surface area (Å²) in [5, 5.41) is 6.01. The van der Waals surface area contributed by atoms with Crippen LogP contribution in [0.1, 0.15) is 36.9 Å². The van der Waals surface area contributed by atoms with Crippen molar-refractivity contribution in [3.05, 3.63) is 64.7 Å². The molecule has 2 aromatic rings. The number of amides is 4. The summed E-state index contributed by atoms with van der Waals surface area (Å²) in [5.41, 5.74) is 2.40. The summed E-state index contributed by atoms with van der Waals surface area (Å²) >= 11 is 6.06. The van der Waals surface area contributed by atoms with Crippen molar-refractivity contribution >= 4 is 35.1 Å². The van der Waals surface area contributed by atoms with Crippen LogP contribution < -0.4 is 10.6 Å². The van der Waals surface area contributed by atoms with Crippen molar-refractivity contribution in [2.24, 2.45) is 0 Å². The Bertz CT molecular complexity index is 901. The van der Waals surface area contributed by atoms with Crippen LogP contribution in [0.15, 0.2) is 48.5 Å². The molecule has 146 valence electrons. The molecule has 0 bridgehead atoms. The van der Waals surface area contributed by atoms with Gasteiger partial charge in [-0.15, -0.1) is 0 Å². The van der Waals surface area contributed by atoms with E-state index in [4.69, 9.17) is 11.6 Å². The molecule has 0 aliphatic carbocycles. The summed E-state index contributed by atoms with van der Waals surface area (Å²) in [6, 6.07) is 13.1. The van der Waals surface area contributed by atoms with Gasteiger partial charge in [0.2, 0.25) is 5.91 Å². The number of anilines is 1. The van der Waals surface area contributed by atoms with Gasteiger partial charge in [-0.2, -0.15) is 0 Å². The number of carbonyl (C=O) groups excluding carboxylic acids is 3. The zero-order chi connectivity index (χ0) is 20.3. The van der Waals surface area contributed by atoms with Crippen molar-refractivity contribution in [3.63, 3.8) is 0 Å². The van der Waals surface area contributed by atoms with Gasteiger partial charge in [0.05, 0.1) is 6.04 Å². The van der Waals surface area contributed by atoms with Crippen LogP contribution in [0.5, 0.6) is 0 Å². The molecule has 0 aromatic heterocycles. The molecule has 3 rings (SSSR count). The van der Waals surface area contributed by atoms with Crippen molar-refractivity contribution in [3.8, 4) is 0 Å². The van der Waals surface area contributed by atoms with Crippen molar-refractivity contribution in [2.45, 2.75) is 38.8 Å². The highest BCUT2D eigenvalue weighted by Gasteiger charge is 2.40. The third-order valence-corrected chi connectivity index (χ3v) is 5.24. The molecule has 4 amide bonds. The number of carbonyl (C=O) groups is 3. The molecule has 28 heavy (non-hydrogen) atoms. The standard InChI is InChI=1S/C21H22ClN3O3/c1-13-8-9-16(12-17(13)22)23-19(26)11-10-18-20(27)25(21(28)24-18)14(2)15-6-4-3-5-7-15/h3-9,12,14,18H,10-11H2,1-2H3,(H,23,26)(H,24,28)/t14-,18-/m1/s1. The molecular weight excluding hydrogens is 378 g/mol. The van der Waals surface area contributed by atoms with E-state index in [2.05, 4.69) is 10.6 Å². The predicted octanol–water partition coefficient (Wildman–Crippen LogP) is 4.05. The van der Waals surface area contributed by atoms with Crippen LogP contribution in [0.2, 0.25) is 5.02 Å². The highest BCUT2D eigenvalue weighted by atomic mass is 35.5. The smallest absolute Gasteiger partial charge is 0.325 e. The van der Waals surface area contributed by atoms with E-state index < -0.39 is 12.1 Å². The van der Waals surface area contributed by atoms with E-state index in [1.807, 2.05) is 50.2 Å². The Morgan fingerprint density at radius 3 is 2.61 bits per heavy atom. The summed E-state index contributed by atoms with van der Waals surface area (Å²) < 4.78 is 0. The number of rotatable bonds is 6. The molecule has 0 unspecified atom stereocenters. The quantitative estimate of drug-likeness (QED) is 0.719. The number of imide groups is 1. The number of halogens is 1. The van der Waals surface area contributed by atoms with Gasteiger partial charge in [-0.3, -0.25) is 14.5 Å². The van der Waals surface area contributed by atoms with Gasteiger partial charge >= 0.3 is 6.03 Å². The van der Waals surface area contributed by atoms with Gasteiger partial charge in [0.15, 0.2) is 0 Å². The number of hydrogen-bond donors (Lipinski definition) is 2. The lowest BCUT2D eigenvalue weighted by atomic mass is 10.1. The SMILES string of the molecule is Cc1ccc(NC(=O)CC[C@H]2NC(=O)N([C@H](C)c3ccccc3)C2=O)cc1Cl. The molecular formula is C21H22ClN3O3. The molecule has 2 N–H and O–H groups in total. The molecule has 1 saturated heterocycles. The fourth-order valence-electron chi connectivity index (χ4n) is 3.16. The minimum Gasteiger partial charge on any atom is -0.326 e. The van der Waals surface area contributed by atoms with Gasteiger partial charge in [-0.25, -0.2) is 4.79 Å². The number of urea groups is 1. The van der Waals surface area contributed by atoms with Gasteiger partial charge in [-0.05, 0) is 43.5 Å². The van der Waals surface area contributed by atoms with E-state index >= 15 is 0 Å². The number of hydrogen-bond acceptors (Lipinski definition) is 3. The maximum atomic E-state index is 12.7. The molecule has 6 nitrogen and oxygen atoms in total. The first kappa shape index (κ1) is 19.9. The second kappa shape index (κ2) is 8.44. The number of benzene rings is 2. The lowest BCUT2D eigenvalue weighted by molar-refractivity contribution is -0.129. The summed E-state index contributed by atoms with van der Waals surface area (Å²) in [6.45, 7) is 3.69. The Kier molecular flexibility index (Phi) is 5.99. The molecule has 2 atom stereocenters. The number of aryl methyl sites for hydroxylation is 1. The molecule has 0 saturated carbocycles. The third-order valence-electron chi connectivity index (χ3n) is 4.84. The maximum absolute atomic E-state index is 12.7. The van der Waals surface area contributed by atoms with Gasteiger partial charge in [-0.1, -0.05) is 48.0 Å². The number of nitrogens with one attached hydrogen (secondary N) is 2. The molecule has 1 aliphatic rings. The highest BCUT2D eigenvalue weighted by Crippen LogP contribution is 2.25. The summed E-state index contributed by atoms with van der Waals surface area (Å²) in [5.74, 6) is -0.552. The van der Waals surface area contributed by atoms with E-state index in [-0.39, 0.29) is 30.7 Å². The van der Waals surface area contributed by atoms with Crippen LogP contribution >= 0.6 is 11.6 Å². The van der Waals surface area contributed by atoms with E-state index in [1.165, 1.54) is 4.90 Å². The fraction of sp³-hybridized carbons (Fsp3) is 0.286. The van der Waals surface area contributed by atoms with Crippen molar-refractivity contribution in [1.29, 1.82) is 0 Å². The maximum Gasteiger partial charge on any atom is 0.325 e. The van der Waals surface area contributed by atoms with Crippen LogP contribution in [0.25, 0.3) is 0 Å². The Labute approximate surface area is 168 Å². The predicted molar refractivity (Wildman–Crippen MR) is 108 cm³/mol. The first-order valence-electron chi connectivity index (χ1n) is 9.11. The van der Waals surface area contributed by atoms with Gasteiger partial charge in [0.25, 0.3) is 5.91 Å². The summed E-state index contributed by atoms with van der Waals surface area (Å²) in [4.78, 5) is 38.4. The fourth-order valence-corrected chi connectivity index (χ4v) is 3.34. The molecule has 0 spiro atoms. The van der Waals surface area contributed by atoms with E-state index in [0.29, 0.717) is 10.7 Å². The monoisotopic (exact) mass is 399 g/mol. The minimum absolute atomic E-state index is 0.107. The lowest BCUT2D eigenvalue weighted by Gasteiger charge is -2.21. The highest BCUT2D eigenvalue weighted by molar-refractivity contribution is 6.31. The van der Waals surface area contributed by atoms with E-state index in [0.717, 1.165) is 11.1 Å². The van der Waals surface area contributed by atoms with E-state index in [9.17, 15) is 14.4 Å². The molecule has 1 fully saturated rings. The third kappa shape index (κ3) is 4.34. The Balaban J connectivity index is 1.58. The van der Waals surface area contributed by atoms with Crippen molar-refractivity contribution in [2.75, 3.05) is 5.32 Å². The molecule has 2 aromatic carbocycles. The van der Waals surface area contributed by atoms with Gasteiger partial charge in [0, 0.05) is 17.1 Å². The molecule has 1 heterocycles. The van der Waals surface area contributed by atoms with Crippen molar-refractivity contribution in [1.82, 2.24) is 10.2 Å². The normalized spacial score (nSPS) is 17.4. The Morgan fingerprint density at radius 2 is 1.93 bits per heavy atom. The van der Waals surface area contributed by atoms with E-state index in [1.54, 1.807) is 12.1 Å². The molecule has 7 heteroatoms. The average molecular weight is 400 g/mol. The summed E-state index contributed by atoms with van der Waals surface area (Å²) in [6.07, 6.45) is 0.337. The average Bonchev–Trinajstić information content (AvgIpc) is 2.96. The minimum atomic E-state index is -0.703. The van der Waals surface area contributed by atoms with Crippen LogP contribution in [-0.4, -0.2) is 28.8 Å². The largest absolute Gasteiger partial charge is 0.326 e. The second-order valence-corrected chi connectivity index (χ2v) is 7.25. The Morgan fingerprint density at radius 1 is 1.21 bits per heavy atom. The molecule has 0 radical (unpaired) electrons. The second-order valence-electron chi connectivity index (χ2n) is 6.85. The lowest BCUT2D eigenvalue weighted by Crippen LogP contribution is -2.34. The van der Waals surface area contributed by atoms with Crippen LogP contribution in [0.4, 0.5) is 10.5 Å². The summed E-state index contributed by atoms with van der Waals surface area (Å²) in [7, 11) is 0. The molecule has 1 aliphatic heterocycles. The number of nitrogens with zero attached hydrogens (tertiary/aromatic N) is 1. The van der Waals surface area contributed by atoms with Crippen molar-refractivity contribution < 1.29 is 14.4 Å². The van der Waals surface area contributed by atoms with Crippen LogP contribution in [0.3, 0.4) is 0 Å². The Hall–Kier alpha value is -2.86. The first-order chi connectivity index (χ1) is 13.4. The van der Waals surface area contributed by atoms with Gasteiger partial charge < -0.3 is 10.6 Å². The topological polar surface area (TPSA) is 78.5 Å². The van der Waals surface area contributed by atoms with Crippen LogP contribution in [-0.2, 0) is 9.59 Å². The van der Waals surface area contributed by atoms with Gasteiger partial charge in [0.1, 0.15) is 6.04 Å². The van der Waals surface area contributed by atoms with Crippen LogP contribution in [0, 0.1) is 6.92 Å². The zero-order valence-electron chi connectivity index (χ0n) is 15.7.